The maximum atomic E-state index is 6.09. The summed E-state index contributed by atoms with van der Waals surface area (Å²) in [6, 6.07) is 6.64. The maximum absolute atomic E-state index is 6.09. The van der Waals surface area contributed by atoms with E-state index in [2.05, 4.69) is 32.0 Å². The Morgan fingerprint density at radius 2 is 1.35 bits per heavy atom. The first kappa shape index (κ1) is 20.8. The van der Waals surface area contributed by atoms with Crippen LogP contribution in [0.2, 0.25) is 0 Å². The molecule has 1 aromatic rings. The molecule has 0 N–H and O–H groups in total. The zero-order chi connectivity index (χ0) is 16.9. The van der Waals surface area contributed by atoms with Gasteiger partial charge in [-0.25, -0.2) is 0 Å². The summed E-state index contributed by atoms with van der Waals surface area (Å²) in [5, 5.41) is 0. The first-order chi connectivity index (χ1) is 11.2. The topological polar surface area (TPSA) is 0 Å². The highest BCUT2D eigenvalue weighted by Crippen LogP contribution is 2.29. The van der Waals surface area contributed by atoms with Crippen LogP contribution in [0.3, 0.4) is 0 Å². The Labute approximate surface area is 154 Å². The van der Waals surface area contributed by atoms with Crippen LogP contribution >= 0.6 is 23.2 Å². The van der Waals surface area contributed by atoms with Crippen LogP contribution in [0.5, 0.6) is 0 Å². The second-order valence-electron chi connectivity index (χ2n) is 6.62. The van der Waals surface area contributed by atoms with Gasteiger partial charge in [-0.3, -0.25) is 0 Å². The fraction of sp³-hybridized carbons (Fsp3) is 0.714. The number of aryl methyl sites for hydroxylation is 2. The van der Waals surface area contributed by atoms with E-state index in [1.165, 1.54) is 75.3 Å². The highest BCUT2D eigenvalue weighted by atomic mass is 35.5. The van der Waals surface area contributed by atoms with Gasteiger partial charge in [-0.1, -0.05) is 89.8 Å². The Morgan fingerprint density at radius 1 is 0.783 bits per heavy atom. The Hall–Kier alpha value is -0.200. The molecule has 0 radical (unpaired) electrons. The van der Waals surface area contributed by atoms with Crippen LogP contribution in [0.25, 0.3) is 0 Å². The van der Waals surface area contributed by atoms with Crippen molar-refractivity contribution in [3.8, 4) is 0 Å². The molecule has 1 rings (SSSR count). The molecule has 0 aromatic heterocycles. The van der Waals surface area contributed by atoms with Crippen LogP contribution in [0, 0.1) is 0 Å². The second kappa shape index (κ2) is 13.1. The monoisotopic (exact) mass is 356 g/mol. The van der Waals surface area contributed by atoms with Crippen LogP contribution in [0.1, 0.15) is 99.6 Å². The van der Waals surface area contributed by atoms with Gasteiger partial charge < -0.3 is 0 Å². The third-order valence-corrected chi connectivity index (χ3v) is 5.12. The van der Waals surface area contributed by atoms with Crippen molar-refractivity contribution in [1.29, 1.82) is 0 Å². The zero-order valence-corrected chi connectivity index (χ0v) is 16.6. The summed E-state index contributed by atoms with van der Waals surface area (Å²) < 4.78 is 0. The van der Waals surface area contributed by atoms with E-state index in [0.717, 1.165) is 18.4 Å². The molecule has 0 spiro atoms. The molecule has 0 atom stereocenters. The molecular weight excluding hydrogens is 323 g/mol. The Bertz CT molecular complexity index is 412. The van der Waals surface area contributed by atoms with E-state index in [1.54, 1.807) is 0 Å². The second-order valence-corrected chi connectivity index (χ2v) is 7.72. The Balaban J connectivity index is 2.15. The smallest absolute Gasteiger partial charge is 0.100 e. The van der Waals surface area contributed by atoms with Crippen molar-refractivity contribution in [1.82, 2.24) is 0 Å². The van der Waals surface area contributed by atoms with Gasteiger partial charge in [0.05, 0.1) is 0 Å². The summed E-state index contributed by atoms with van der Waals surface area (Å²) in [6.45, 7) is 4.43. The molecule has 0 saturated carbocycles. The average molecular weight is 357 g/mol. The van der Waals surface area contributed by atoms with E-state index in [1.807, 2.05) is 0 Å². The van der Waals surface area contributed by atoms with Crippen LogP contribution in [-0.4, -0.2) is 0 Å². The first-order valence-corrected chi connectivity index (χ1v) is 10.5. The van der Waals surface area contributed by atoms with Crippen LogP contribution < -0.4 is 0 Å². The maximum Gasteiger partial charge on any atom is 0.133 e. The normalized spacial score (nSPS) is 11.3. The highest BCUT2D eigenvalue weighted by molar-refractivity contribution is 6.44. The van der Waals surface area contributed by atoms with E-state index in [0.29, 0.717) is 0 Å². The molecule has 0 fully saturated rings. The number of alkyl halides is 2. The molecule has 0 saturated heterocycles. The lowest BCUT2D eigenvalue weighted by Gasteiger charge is -2.11. The van der Waals surface area contributed by atoms with Crippen molar-refractivity contribution >= 4 is 23.2 Å². The summed E-state index contributed by atoms with van der Waals surface area (Å²) in [6.07, 6.45) is 16.0. The van der Waals surface area contributed by atoms with Crippen LogP contribution in [-0.2, 0) is 12.8 Å². The number of rotatable bonds is 13. The Kier molecular flexibility index (Phi) is 11.9. The molecule has 1 aromatic carbocycles. The molecule has 0 unspecified atom stereocenters. The van der Waals surface area contributed by atoms with Crippen LogP contribution in [0.4, 0.5) is 0 Å². The van der Waals surface area contributed by atoms with Gasteiger partial charge in [0.2, 0.25) is 0 Å². The number of hydrogen-bond donors (Lipinski definition) is 0. The lowest BCUT2D eigenvalue weighted by Crippen LogP contribution is -1.95. The standard InChI is InChI=1S/C21H34Cl2/c1-3-5-6-7-8-9-10-11-12-13-14-18-15-16-19(4-2)20(17-18)21(22)23/h15-17,21H,3-14H2,1-2H3. The molecule has 0 heterocycles. The quantitative estimate of drug-likeness (QED) is 0.246. The van der Waals surface area contributed by atoms with E-state index >= 15 is 0 Å². The molecule has 23 heavy (non-hydrogen) atoms. The molecular formula is C21H34Cl2. The molecule has 0 nitrogen and oxygen atoms in total. The van der Waals surface area contributed by atoms with E-state index < -0.39 is 4.84 Å². The SMILES string of the molecule is CCCCCCCCCCCCc1ccc(CC)c(C(Cl)Cl)c1. The lowest BCUT2D eigenvalue weighted by molar-refractivity contribution is 0.556. The van der Waals surface area contributed by atoms with Gasteiger partial charge in [-0.05, 0) is 36.0 Å². The molecule has 0 aliphatic rings. The summed E-state index contributed by atoms with van der Waals surface area (Å²) in [7, 11) is 0. The summed E-state index contributed by atoms with van der Waals surface area (Å²) in [4.78, 5) is -0.405. The zero-order valence-electron chi connectivity index (χ0n) is 15.1. The van der Waals surface area contributed by atoms with Crippen molar-refractivity contribution < 1.29 is 0 Å². The molecule has 0 aliphatic heterocycles. The minimum absolute atomic E-state index is 0.405. The van der Waals surface area contributed by atoms with Gasteiger partial charge in [0, 0.05) is 0 Å². The van der Waals surface area contributed by atoms with Gasteiger partial charge in [-0.15, -0.1) is 23.2 Å². The van der Waals surface area contributed by atoms with Gasteiger partial charge in [0.1, 0.15) is 4.84 Å². The van der Waals surface area contributed by atoms with Crippen molar-refractivity contribution in [2.24, 2.45) is 0 Å². The third kappa shape index (κ3) is 9.01. The highest BCUT2D eigenvalue weighted by Gasteiger charge is 2.09. The van der Waals surface area contributed by atoms with Gasteiger partial charge in [0.25, 0.3) is 0 Å². The summed E-state index contributed by atoms with van der Waals surface area (Å²) >= 11 is 12.2. The number of halogens is 2. The molecule has 2 heteroatoms. The van der Waals surface area contributed by atoms with Crippen molar-refractivity contribution in [2.75, 3.05) is 0 Å². The summed E-state index contributed by atoms with van der Waals surface area (Å²) in [5.74, 6) is 0. The summed E-state index contributed by atoms with van der Waals surface area (Å²) in [5.41, 5.74) is 3.75. The number of unbranched alkanes of at least 4 members (excludes halogenated alkanes) is 9. The van der Waals surface area contributed by atoms with Gasteiger partial charge in [0.15, 0.2) is 0 Å². The predicted octanol–water partition coefficient (Wildman–Crippen LogP) is 8.19. The molecule has 0 aliphatic carbocycles. The Morgan fingerprint density at radius 3 is 1.87 bits per heavy atom. The molecule has 132 valence electrons. The van der Waals surface area contributed by atoms with Crippen molar-refractivity contribution in [2.45, 2.75) is 95.7 Å². The van der Waals surface area contributed by atoms with E-state index in [-0.39, 0.29) is 0 Å². The number of benzene rings is 1. The predicted molar refractivity (Wildman–Crippen MR) is 106 cm³/mol. The van der Waals surface area contributed by atoms with Crippen molar-refractivity contribution in [3.05, 3.63) is 34.9 Å². The minimum Gasteiger partial charge on any atom is -0.100 e. The van der Waals surface area contributed by atoms with E-state index in [4.69, 9.17) is 23.2 Å². The van der Waals surface area contributed by atoms with Gasteiger partial charge in [-0.2, -0.15) is 0 Å². The third-order valence-electron chi connectivity index (χ3n) is 4.65. The molecule has 0 amide bonds. The fourth-order valence-corrected chi connectivity index (χ4v) is 3.55. The first-order valence-electron chi connectivity index (χ1n) is 9.58. The number of hydrogen-bond acceptors (Lipinski definition) is 0. The van der Waals surface area contributed by atoms with Crippen LogP contribution in [0.15, 0.2) is 18.2 Å². The average Bonchev–Trinajstić information content (AvgIpc) is 2.56. The lowest BCUT2D eigenvalue weighted by atomic mass is 9.99. The van der Waals surface area contributed by atoms with Gasteiger partial charge >= 0.3 is 0 Å². The largest absolute Gasteiger partial charge is 0.133 e. The fourth-order valence-electron chi connectivity index (χ4n) is 3.14. The molecule has 0 bridgehead atoms. The van der Waals surface area contributed by atoms with E-state index in [9.17, 15) is 0 Å². The minimum atomic E-state index is -0.405. The van der Waals surface area contributed by atoms with Crippen molar-refractivity contribution in [3.63, 3.8) is 0 Å².